The van der Waals surface area contributed by atoms with Gasteiger partial charge in [0, 0.05) is 24.6 Å². The molecule has 5 nitrogen and oxygen atoms in total. The molecule has 0 radical (unpaired) electrons. The Kier molecular flexibility index (Phi) is 3.80. The minimum atomic E-state index is -0.507. The number of aryl methyl sites for hydroxylation is 1. The van der Waals surface area contributed by atoms with E-state index in [1.165, 1.54) is 12.1 Å². The van der Waals surface area contributed by atoms with Crippen LogP contribution in [0.4, 0.5) is 15.8 Å². The quantitative estimate of drug-likeness (QED) is 0.772. The zero-order chi connectivity index (χ0) is 14.0. The molecule has 102 valence electrons. The average molecular weight is 265 g/mol. The van der Waals surface area contributed by atoms with Gasteiger partial charge in [-0.25, -0.2) is 4.39 Å². The smallest absolute Gasteiger partial charge is 0.225 e. The lowest BCUT2D eigenvalue weighted by molar-refractivity contribution is -0.117. The summed E-state index contributed by atoms with van der Waals surface area (Å²) >= 11 is 0. The molecule has 2 amide bonds. The summed E-state index contributed by atoms with van der Waals surface area (Å²) in [5.74, 6) is -0.962. The minimum Gasteiger partial charge on any atom is -0.327 e. The summed E-state index contributed by atoms with van der Waals surface area (Å²) in [5.41, 5.74) is 6.85. The van der Waals surface area contributed by atoms with Gasteiger partial charge in [0.25, 0.3) is 0 Å². The van der Waals surface area contributed by atoms with Crippen molar-refractivity contribution in [1.82, 2.24) is 0 Å². The molecule has 1 atom stereocenters. The third-order valence-electron chi connectivity index (χ3n) is 2.87. The average Bonchev–Trinajstić information content (AvgIpc) is 2.29. The number of rotatable bonds is 3. The van der Waals surface area contributed by atoms with Crippen molar-refractivity contribution in [3.8, 4) is 0 Å². The van der Waals surface area contributed by atoms with Gasteiger partial charge in [0.1, 0.15) is 5.82 Å². The van der Waals surface area contributed by atoms with E-state index in [-0.39, 0.29) is 30.0 Å². The van der Waals surface area contributed by atoms with Crippen LogP contribution in [0.3, 0.4) is 0 Å². The van der Waals surface area contributed by atoms with Gasteiger partial charge in [0.15, 0.2) is 0 Å². The van der Waals surface area contributed by atoms with Gasteiger partial charge in [-0.05, 0) is 31.0 Å². The SMILES string of the molecule is CC(N)CC(=O)Nc1cc2c(cc1F)CCC(=O)N2. The highest BCUT2D eigenvalue weighted by molar-refractivity contribution is 5.96. The summed E-state index contributed by atoms with van der Waals surface area (Å²) < 4.78 is 13.8. The lowest BCUT2D eigenvalue weighted by Gasteiger charge is -2.18. The molecule has 0 aromatic heterocycles. The summed E-state index contributed by atoms with van der Waals surface area (Å²) in [6, 6.07) is 2.50. The molecule has 6 heteroatoms. The van der Waals surface area contributed by atoms with Crippen LogP contribution in [0.5, 0.6) is 0 Å². The molecule has 1 heterocycles. The molecule has 0 fully saturated rings. The molecule has 4 N–H and O–H groups in total. The molecule has 1 unspecified atom stereocenters. The lowest BCUT2D eigenvalue weighted by Crippen LogP contribution is -2.25. The second-order valence-electron chi connectivity index (χ2n) is 4.77. The molecule has 2 rings (SSSR count). The van der Waals surface area contributed by atoms with E-state index in [0.717, 1.165) is 5.56 Å². The Morgan fingerprint density at radius 3 is 2.95 bits per heavy atom. The number of benzene rings is 1. The van der Waals surface area contributed by atoms with Crippen LogP contribution in [0.15, 0.2) is 12.1 Å². The number of amides is 2. The molecule has 1 aliphatic rings. The van der Waals surface area contributed by atoms with Gasteiger partial charge in [-0.15, -0.1) is 0 Å². The summed E-state index contributed by atoms with van der Waals surface area (Å²) in [6.45, 7) is 1.70. The van der Waals surface area contributed by atoms with E-state index < -0.39 is 5.82 Å². The van der Waals surface area contributed by atoms with Crippen molar-refractivity contribution in [3.05, 3.63) is 23.5 Å². The van der Waals surface area contributed by atoms with E-state index in [2.05, 4.69) is 10.6 Å². The first-order chi connectivity index (χ1) is 8.95. The number of hydrogen-bond acceptors (Lipinski definition) is 3. The highest BCUT2D eigenvalue weighted by Gasteiger charge is 2.18. The number of fused-ring (bicyclic) bond motifs is 1. The topological polar surface area (TPSA) is 84.2 Å². The molecule has 1 aromatic carbocycles. The van der Waals surface area contributed by atoms with E-state index in [1.807, 2.05) is 0 Å². The Morgan fingerprint density at radius 2 is 2.26 bits per heavy atom. The number of nitrogens with one attached hydrogen (secondary N) is 2. The fourth-order valence-electron chi connectivity index (χ4n) is 1.99. The molecular formula is C13H16FN3O2. The van der Waals surface area contributed by atoms with Gasteiger partial charge in [0.2, 0.25) is 11.8 Å². The van der Waals surface area contributed by atoms with Crippen molar-refractivity contribution in [2.45, 2.75) is 32.2 Å². The highest BCUT2D eigenvalue weighted by Crippen LogP contribution is 2.28. The Hall–Kier alpha value is -1.95. The monoisotopic (exact) mass is 265 g/mol. The maximum Gasteiger partial charge on any atom is 0.225 e. The number of anilines is 2. The number of carbonyl (C=O) groups is 2. The van der Waals surface area contributed by atoms with E-state index >= 15 is 0 Å². The van der Waals surface area contributed by atoms with E-state index in [9.17, 15) is 14.0 Å². The largest absolute Gasteiger partial charge is 0.327 e. The maximum atomic E-state index is 13.8. The normalized spacial score (nSPS) is 15.4. The van der Waals surface area contributed by atoms with Gasteiger partial charge < -0.3 is 16.4 Å². The second kappa shape index (κ2) is 5.36. The molecule has 0 aliphatic carbocycles. The zero-order valence-electron chi connectivity index (χ0n) is 10.6. The molecular weight excluding hydrogens is 249 g/mol. The Morgan fingerprint density at radius 1 is 1.53 bits per heavy atom. The third kappa shape index (κ3) is 3.29. The number of nitrogens with two attached hydrogens (primary N) is 1. The summed E-state index contributed by atoms with van der Waals surface area (Å²) in [7, 11) is 0. The van der Waals surface area contributed by atoms with Gasteiger partial charge in [0.05, 0.1) is 5.69 Å². The van der Waals surface area contributed by atoms with Gasteiger partial charge in [-0.3, -0.25) is 9.59 Å². The van der Waals surface area contributed by atoms with Crippen LogP contribution >= 0.6 is 0 Å². The molecule has 1 aromatic rings. The number of carbonyl (C=O) groups excluding carboxylic acids is 2. The molecule has 0 bridgehead atoms. The number of hydrogen-bond donors (Lipinski definition) is 3. The Labute approximate surface area is 110 Å². The van der Waals surface area contributed by atoms with E-state index in [4.69, 9.17) is 5.73 Å². The number of halogens is 1. The van der Waals surface area contributed by atoms with Crippen molar-refractivity contribution in [2.75, 3.05) is 10.6 Å². The minimum absolute atomic E-state index is 0.0617. The van der Waals surface area contributed by atoms with Crippen LogP contribution < -0.4 is 16.4 Å². The predicted molar refractivity (Wildman–Crippen MR) is 70.2 cm³/mol. The van der Waals surface area contributed by atoms with Crippen molar-refractivity contribution in [2.24, 2.45) is 5.73 Å². The highest BCUT2D eigenvalue weighted by atomic mass is 19.1. The molecule has 0 saturated heterocycles. The van der Waals surface area contributed by atoms with E-state index in [0.29, 0.717) is 18.5 Å². The van der Waals surface area contributed by atoms with Gasteiger partial charge in [-0.2, -0.15) is 0 Å². The third-order valence-corrected chi connectivity index (χ3v) is 2.87. The lowest BCUT2D eigenvalue weighted by atomic mass is 10.0. The van der Waals surface area contributed by atoms with Crippen LogP contribution in [0.1, 0.15) is 25.3 Å². The predicted octanol–water partition coefficient (Wildman–Crippen LogP) is 1.39. The van der Waals surface area contributed by atoms with Crippen molar-refractivity contribution in [1.29, 1.82) is 0 Å². The van der Waals surface area contributed by atoms with Gasteiger partial charge in [-0.1, -0.05) is 0 Å². The Balaban J connectivity index is 2.19. The fraction of sp³-hybridized carbons (Fsp3) is 0.385. The van der Waals surface area contributed by atoms with E-state index in [1.54, 1.807) is 6.92 Å². The van der Waals surface area contributed by atoms with Gasteiger partial charge >= 0.3 is 0 Å². The summed E-state index contributed by atoms with van der Waals surface area (Å²) in [5, 5.41) is 5.12. The maximum absolute atomic E-state index is 13.8. The van der Waals surface area contributed by atoms with Crippen LogP contribution in [-0.2, 0) is 16.0 Å². The first-order valence-electron chi connectivity index (χ1n) is 6.13. The second-order valence-corrected chi connectivity index (χ2v) is 4.77. The summed E-state index contributed by atoms with van der Waals surface area (Å²) in [6.07, 6.45) is 0.970. The molecule has 0 saturated carbocycles. The van der Waals surface area contributed by atoms with Crippen molar-refractivity contribution in [3.63, 3.8) is 0 Å². The fourth-order valence-corrected chi connectivity index (χ4v) is 1.99. The van der Waals surface area contributed by atoms with Crippen LogP contribution in [0.25, 0.3) is 0 Å². The van der Waals surface area contributed by atoms with Crippen LogP contribution in [-0.4, -0.2) is 17.9 Å². The standard InChI is InChI=1S/C13H16FN3O2/c1-7(15)4-13(19)17-11-6-10-8(5-9(11)14)2-3-12(18)16-10/h5-7H,2-4,15H2,1H3,(H,16,18)(H,17,19). The Bertz CT molecular complexity index is 529. The molecule has 0 spiro atoms. The summed E-state index contributed by atoms with van der Waals surface area (Å²) in [4.78, 5) is 22.8. The zero-order valence-corrected chi connectivity index (χ0v) is 10.6. The molecule has 19 heavy (non-hydrogen) atoms. The van der Waals surface area contributed by atoms with Crippen LogP contribution in [0.2, 0.25) is 0 Å². The van der Waals surface area contributed by atoms with Crippen LogP contribution in [0, 0.1) is 5.82 Å². The van der Waals surface area contributed by atoms with Crippen molar-refractivity contribution >= 4 is 23.2 Å². The van der Waals surface area contributed by atoms with Crippen molar-refractivity contribution < 1.29 is 14.0 Å². The first kappa shape index (κ1) is 13.5. The first-order valence-corrected chi connectivity index (χ1v) is 6.13. The molecule has 1 aliphatic heterocycles.